The quantitative estimate of drug-likeness (QED) is 0.432. The summed E-state index contributed by atoms with van der Waals surface area (Å²) in [6.07, 6.45) is 12.2. The normalized spacial score (nSPS) is 12.6. The first-order valence-corrected chi connectivity index (χ1v) is 11.0. The van der Waals surface area contributed by atoms with E-state index in [9.17, 15) is 0 Å². The summed E-state index contributed by atoms with van der Waals surface area (Å²) in [5, 5.41) is 13.4. The molecule has 0 radical (unpaired) electrons. The molecular formula is C25H24N8. The fourth-order valence-electron chi connectivity index (χ4n) is 4.65. The highest BCUT2D eigenvalue weighted by atomic mass is 15.3. The molecule has 0 saturated carbocycles. The maximum Gasteiger partial charge on any atom is 0.133 e. The first-order chi connectivity index (χ1) is 16.0. The number of hydrogen-bond donors (Lipinski definition) is 0. The number of benzene rings is 1. The molecule has 0 amide bonds. The van der Waals surface area contributed by atoms with Crippen LogP contribution < -0.4 is 0 Å². The summed E-state index contributed by atoms with van der Waals surface area (Å²) in [6, 6.07) is 8.60. The summed E-state index contributed by atoms with van der Waals surface area (Å²) in [6.45, 7) is 0. The number of hydrogen-bond acceptors (Lipinski definition) is 5. The Morgan fingerprint density at radius 3 is 2.30 bits per heavy atom. The van der Waals surface area contributed by atoms with Crippen LogP contribution in [0.15, 0.2) is 55.2 Å². The van der Waals surface area contributed by atoms with E-state index in [0.717, 1.165) is 63.6 Å². The standard InChI is InChI=1S/C25H24N8/c1-31-14-16(11-27-31)10-22-26-12-19-8-9-21-23(24(19)29-22)25(33(3)30-21)18-6-4-17(5-7-18)20-13-28-32(2)15-20/h4-7,11-15H,8-10H2,1-3H3. The van der Waals surface area contributed by atoms with Crippen molar-refractivity contribution in [3.05, 3.63) is 77.9 Å². The maximum absolute atomic E-state index is 5.01. The van der Waals surface area contributed by atoms with Crippen molar-refractivity contribution < 1.29 is 0 Å². The van der Waals surface area contributed by atoms with E-state index in [1.807, 2.05) is 61.5 Å². The topological polar surface area (TPSA) is 79.2 Å². The van der Waals surface area contributed by atoms with Gasteiger partial charge in [0.1, 0.15) is 5.82 Å². The van der Waals surface area contributed by atoms with Crippen molar-refractivity contribution in [2.24, 2.45) is 21.1 Å². The lowest BCUT2D eigenvalue weighted by Gasteiger charge is -2.16. The smallest absolute Gasteiger partial charge is 0.133 e. The van der Waals surface area contributed by atoms with E-state index in [2.05, 4.69) is 39.4 Å². The van der Waals surface area contributed by atoms with E-state index in [1.165, 1.54) is 5.56 Å². The third-order valence-corrected chi connectivity index (χ3v) is 6.22. The summed E-state index contributed by atoms with van der Waals surface area (Å²) in [5.74, 6) is 0.802. The summed E-state index contributed by atoms with van der Waals surface area (Å²) in [4.78, 5) is 9.66. The van der Waals surface area contributed by atoms with Gasteiger partial charge >= 0.3 is 0 Å². The highest BCUT2D eigenvalue weighted by Gasteiger charge is 2.27. The Balaban J connectivity index is 1.41. The Morgan fingerprint density at radius 1 is 0.818 bits per heavy atom. The Bertz CT molecular complexity index is 1470. The van der Waals surface area contributed by atoms with Crippen LogP contribution in [0.4, 0.5) is 0 Å². The molecule has 164 valence electrons. The van der Waals surface area contributed by atoms with Crippen LogP contribution in [0.25, 0.3) is 33.6 Å². The van der Waals surface area contributed by atoms with Crippen molar-refractivity contribution in [2.45, 2.75) is 19.3 Å². The zero-order valence-electron chi connectivity index (χ0n) is 18.9. The second-order valence-corrected chi connectivity index (χ2v) is 8.63. The molecule has 0 atom stereocenters. The zero-order chi connectivity index (χ0) is 22.5. The number of aryl methyl sites for hydroxylation is 5. The third kappa shape index (κ3) is 3.44. The highest BCUT2D eigenvalue weighted by Crippen LogP contribution is 2.39. The van der Waals surface area contributed by atoms with Gasteiger partial charge in [0.2, 0.25) is 0 Å². The molecule has 0 fully saturated rings. The molecule has 0 spiro atoms. The van der Waals surface area contributed by atoms with Gasteiger partial charge in [0.15, 0.2) is 0 Å². The summed E-state index contributed by atoms with van der Waals surface area (Å²) in [5.41, 5.74) is 9.98. The minimum absolute atomic E-state index is 0.659. The molecule has 1 aliphatic carbocycles. The minimum atomic E-state index is 0.659. The van der Waals surface area contributed by atoms with Gasteiger partial charge in [-0.1, -0.05) is 24.3 Å². The molecule has 5 aromatic rings. The fraction of sp³-hybridized carbons (Fsp3) is 0.240. The van der Waals surface area contributed by atoms with Gasteiger partial charge in [-0.25, -0.2) is 9.97 Å². The summed E-state index contributed by atoms with van der Waals surface area (Å²) >= 11 is 0. The molecule has 0 aliphatic heterocycles. The molecule has 4 heterocycles. The van der Waals surface area contributed by atoms with Crippen molar-refractivity contribution in [1.29, 1.82) is 0 Å². The van der Waals surface area contributed by atoms with E-state index < -0.39 is 0 Å². The van der Waals surface area contributed by atoms with Crippen LogP contribution in [0.1, 0.15) is 22.6 Å². The molecule has 0 saturated heterocycles. The second-order valence-electron chi connectivity index (χ2n) is 8.63. The predicted molar refractivity (Wildman–Crippen MR) is 125 cm³/mol. The first-order valence-electron chi connectivity index (χ1n) is 11.0. The molecule has 1 aliphatic rings. The van der Waals surface area contributed by atoms with Crippen LogP contribution in [0.3, 0.4) is 0 Å². The van der Waals surface area contributed by atoms with Gasteiger partial charge in [-0.2, -0.15) is 15.3 Å². The van der Waals surface area contributed by atoms with Crippen LogP contribution in [0.5, 0.6) is 0 Å². The van der Waals surface area contributed by atoms with E-state index in [4.69, 9.17) is 10.1 Å². The first kappa shape index (κ1) is 19.6. The van der Waals surface area contributed by atoms with Crippen molar-refractivity contribution in [2.75, 3.05) is 0 Å². The Morgan fingerprint density at radius 2 is 1.58 bits per heavy atom. The molecule has 33 heavy (non-hydrogen) atoms. The van der Waals surface area contributed by atoms with Crippen LogP contribution in [0.2, 0.25) is 0 Å². The fourth-order valence-corrected chi connectivity index (χ4v) is 4.65. The zero-order valence-corrected chi connectivity index (χ0v) is 18.9. The average Bonchev–Trinajstić information content (AvgIpc) is 3.52. The van der Waals surface area contributed by atoms with Crippen molar-refractivity contribution >= 4 is 0 Å². The highest BCUT2D eigenvalue weighted by molar-refractivity contribution is 5.84. The monoisotopic (exact) mass is 436 g/mol. The third-order valence-electron chi connectivity index (χ3n) is 6.22. The number of rotatable bonds is 4. The van der Waals surface area contributed by atoms with Gasteiger partial charge in [0.05, 0.1) is 29.5 Å². The SMILES string of the molecule is Cn1cc(Cc2ncc3c(n2)-c2c(nn(C)c2-c2ccc(-c4cnn(C)c4)cc2)CC3)cn1. The average molecular weight is 437 g/mol. The van der Waals surface area contributed by atoms with Crippen LogP contribution in [-0.4, -0.2) is 39.3 Å². The predicted octanol–water partition coefficient (Wildman–Crippen LogP) is 3.37. The van der Waals surface area contributed by atoms with Crippen molar-refractivity contribution in [3.8, 4) is 33.6 Å². The molecule has 6 rings (SSSR count). The molecule has 4 aromatic heterocycles. The molecule has 8 nitrogen and oxygen atoms in total. The number of fused-ring (bicyclic) bond motifs is 3. The van der Waals surface area contributed by atoms with Gasteiger partial charge in [0, 0.05) is 62.8 Å². The molecule has 1 aromatic carbocycles. The van der Waals surface area contributed by atoms with Gasteiger partial charge < -0.3 is 0 Å². The molecule has 0 bridgehead atoms. The Hall–Kier alpha value is -4.07. The lowest BCUT2D eigenvalue weighted by Crippen LogP contribution is -2.09. The minimum Gasteiger partial charge on any atom is -0.276 e. The van der Waals surface area contributed by atoms with Crippen LogP contribution in [0, 0.1) is 0 Å². The van der Waals surface area contributed by atoms with E-state index in [1.54, 1.807) is 4.68 Å². The van der Waals surface area contributed by atoms with E-state index >= 15 is 0 Å². The summed E-state index contributed by atoms with van der Waals surface area (Å²) in [7, 11) is 5.87. The largest absolute Gasteiger partial charge is 0.276 e. The second kappa shape index (κ2) is 7.51. The number of aromatic nitrogens is 8. The molecule has 8 heteroatoms. The van der Waals surface area contributed by atoms with Gasteiger partial charge in [0.25, 0.3) is 0 Å². The molecule has 0 unspecified atom stereocenters. The Labute approximate surface area is 191 Å². The van der Waals surface area contributed by atoms with Gasteiger partial charge in [-0.15, -0.1) is 0 Å². The Kier molecular flexibility index (Phi) is 4.46. The van der Waals surface area contributed by atoms with E-state index in [0.29, 0.717) is 6.42 Å². The molecular weight excluding hydrogens is 412 g/mol. The lowest BCUT2D eigenvalue weighted by atomic mass is 9.91. The van der Waals surface area contributed by atoms with Crippen LogP contribution >= 0.6 is 0 Å². The van der Waals surface area contributed by atoms with Gasteiger partial charge in [-0.3, -0.25) is 14.0 Å². The van der Waals surface area contributed by atoms with Crippen molar-refractivity contribution in [3.63, 3.8) is 0 Å². The van der Waals surface area contributed by atoms with Crippen LogP contribution in [-0.2, 0) is 40.4 Å². The van der Waals surface area contributed by atoms with Gasteiger partial charge in [-0.05, 0) is 29.5 Å². The van der Waals surface area contributed by atoms with Crippen molar-refractivity contribution in [1.82, 2.24) is 39.3 Å². The summed E-state index contributed by atoms with van der Waals surface area (Å²) < 4.78 is 5.61. The number of nitrogens with zero attached hydrogens (tertiary/aromatic N) is 8. The maximum atomic E-state index is 5.01. The lowest BCUT2D eigenvalue weighted by molar-refractivity contribution is 0.740. The van der Waals surface area contributed by atoms with E-state index in [-0.39, 0.29) is 0 Å². The molecule has 0 N–H and O–H groups in total.